The summed E-state index contributed by atoms with van der Waals surface area (Å²) in [4.78, 5) is 4.80. The lowest BCUT2D eigenvalue weighted by molar-refractivity contribution is 0.302. The van der Waals surface area contributed by atoms with Crippen molar-refractivity contribution in [2.24, 2.45) is 5.41 Å². The summed E-state index contributed by atoms with van der Waals surface area (Å²) in [5, 5.41) is 3.70. The Balaban J connectivity index is 1.76. The average molecular weight is 510 g/mol. The highest BCUT2D eigenvalue weighted by Crippen LogP contribution is 2.36. The summed E-state index contributed by atoms with van der Waals surface area (Å²) in [6.07, 6.45) is 2.88. The number of hydrogen-bond acceptors (Lipinski definition) is 5. The SMILES string of the molecule is Cc1cccn2c(NC(C)(C)CC(C)(C)C)c(-c3cccc(OS(=O)(=O)c4ccc(F)cc4)c3)nc12. The number of nitrogens with one attached hydrogen (secondary N) is 1. The number of aromatic nitrogens is 2. The first-order chi connectivity index (χ1) is 16.7. The van der Waals surface area contributed by atoms with Gasteiger partial charge in [0.25, 0.3) is 0 Å². The molecule has 4 rings (SSSR count). The summed E-state index contributed by atoms with van der Waals surface area (Å²) in [6.45, 7) is 12.9. The van der Waals surface area contributed by atoms with E-state index in [2.05, 4.69) is 39.9 Å². The molecule has 0 aliphatic heterocycles. The van der Waals surface area contributed by atoms with E-state index < -0.39 is 15.9 Å². The molecule has 0 atom stereocenters. The van der Waals surface area contributed by atoms with Crippen LogP contribution in [0.4, 0.5) is 10.2 Å². The highest BCUT2D eigenvalue weighted by atomic mass is 32.2. The topological polar surface area (TPSA) is 72.7 Å². The van der Waals surface area contributed by atoms with Gasteiger partial charge in [-0.1, -0.05) is 39.0 Å². The Labute approximate surface area is 212 Å². The molecule has 0 spiro atoms. The van der Waals surface area contributed by atoms with E-state index in [0.29, 0.717) is 11.3 Å². The van der Waals surface area contributed by atoms with Crippen LogP contribution in [0.15, 0.2) is 71.8 Å². The first-order valence-electron chi connectivity index (χ1n) is 11.8. The van der Waals surface area contributed by atoms with E-state index in [1.165, 1.54) is 12.1 Å². The Kier molecular flexibility index (Phi) is 6.60. The van der Waals surface area contributed by atoms with Crippen LogP contribution < -0.4 is 9.50 Å². The first kappa shape index (κ1) is 25.7. The van der Waals surface area contributed by atoms with Gasteiger partial charge >= 0.3 is 10.1 Å². The van der Waals surface area contributed by atoms with E-state index in [0.717, 1.165) is 35.6 Å². The molecule has 4 aromatic rings. The molecule has 2 aromatic heterocycles. The standard InChI is InChI=1S/C28H32FN3O3S/c1-19-9-8-16-32-25(19)30-24(26(32)31-28(5,6)18-27(2,3)4)20-10-7-11-22(17-20)35-36(33,34)23-14-12-21(29)13-15-23/h7-17,31H,18H2,1-6H3. The number of aryl methyl sites for hydroxylation is 1. The number of fused-ring (bicyclic) bond motifs is 1. The maximum atomic E-state index is 13.3. The van der Waals surface area contributed by atoms with Crippen LogP contribution >= 0.6 is 0 Å². The van der Waals surface area contributed by atoms with Crippen LogP contribution in [0.5, 0.6) is 5.75 Å². The smallest absolute Gasteiger partial charge is 0.339 e. The maximum absolute atomic E-state index is 13.3. The number of halogens is 1. The number of rotatable bonds is 7. The van der Waals surface area contributed by atoms with Crippen molar-refractivity contribution >= 4 is 21.6 Å². The van der Waals surface area contributed by atoms with E-state index >= 15 is 0 Å². The fraction of sp³-hybridized carbons (Fsp3) is 0.321. The van der Waals surface area contributed by atoms with Gasteiger partial charge in [-0.15, -0.1) is 0 Å². The first-order valence-corrected chi connectivity index (χ1v) is 13.2. The highest BCUT2D eigenvalue weighted by molar-refractivity contribution is 7.87. The summed E-state index contributed by atoms with van der Waals surface area (Å²) in [6, 6.07) is 15.3. The molecule has 6 nitrogen and oxygen atoms in total. The molecule has 190 valence electrons. The number of nitrogens with zero attached hydrogens (tertiary/aromatic N) is 2. The Bertz CT molecular complexity index is 1500. The van der Waals surface area contributed by atoms with Crippen LogP contribution in [0.3, 0.4) is 0 Å². The number of imidazole rings is 1. The zero-order valence-corrected chi connectivity index (χ0v) is 22.3. The van der Waals surface area contributed by atoms with Gasteiger partial charge in [0.15, 0.2) is 0 Å². The molecule has 1 N–H and O–H groups in total. The predicted molar refractivity (Wildman–Crippen MR) is 141 cm³/mol. The molecule has 0 aliphatic carbocycles. The molecule has 0 bridgehead atoms. The van der Waals surface area contributed by atoms with Crippen molar-refractivity contribution in [3.05, 3.63) is 78.2 Å². The van der Waals surface area contributed by atoms with E-state index in [4.69, 9.17) is 9.17 Å². The van der Waals surface area contributed by atoms with Crippen LogP contribution in [0.25, 0.3) is 16.9 Å². The normalized spacial score (nSPS) is 12.6. The molecule has 36 heavy (non-hydrogen) atoms. The van der Waals surface area contributed by atoms with Crippen LogP contribution in [0.1, 0.15) is 46.6 Å². The second kappa shape index (κ2) is 9.24. The summed E-state index contributed by atoms with van der Waals surface area (Å²) < 4.78 is 46.2. The monoisotopic (exact) mass is 509 g/mol. The molecule has 0 amide bonds. The fourth-order valence-electron chi connectivity index (χ4n) is 4.69. The van der Waals surface area contributed by atoms with Gasteiger partial charge in [0.2, 0.25) is 0 Å². The van der Waals surface area contributed by atoms with Crippen molar-refractivity contribution in [1.29, 1.82) is 0 Å². The van der Waals surface area contributed by atoms with Crippen molar-refractivity contribution in [2.75, 3.05) is 5.32 Å². The van der Waals surface area contributed by atoms with Gasteiger partial charge in [-0.05, 0) is 80.6 Å². The third kappa shape index (κ3) is 5.70. The van der Waals surface area contributed by atoms with Crippen molar-refractivity contribution in [3.63, 3.8) is 0 Å². The second-order valence-corrected chi connectivity index (χ2v) is 12.5. The zero-order chi connectivity index (χ0) is 26.3. The minimum absolute atomic E-state index is 0.107. The molecular weight excluding hydrogens is 477 g/mol. The van der Waals surface area contributed by atoms with Crippen LogP contribution in [-0.4, -0.2) is 23.3 Å². The van der Waals surface area contributed by atoms with E-state index in [-0.39, 0.29) is 21.6 Å². The van der Waals surface area contributed by atoms with Crippen molar-refractivity contribution in [1.82, 2.24) is 9.38 Å². The van der Waals surface area contributed by atoms with Gasteiger partial charge in [-0.3, -0.25) is 4.40 Å². The summed E-state index contributed by atoms with van der Waals surface area (Å²) in [5.41, 5.74) is 3.09. The molecule has 0 saturated heterocycles. The van der Waals surface area contributed by atoms with Crippen LogP contribution in [0, 0.1) is 18.2 Å². The summed E-state index contributed by atoms with van der Waals surface area (Å²) >= 11 is 0. The quantitative estimate of drug-likeness (QED) is 0.276. The lowest BCUT2D eigenvalue weighted by Gasteiger charge is -2.34. The number of pyridine rings is 1. The highest BCUT2D eigenvalue weighted by Gasteiger charge is 2.28. The molecule has 0 saturated carbocycles. The van der Waals surface area contributed by atoms with Crippen molar-refractivity contribution < 1.29 is 17.0 Å². The third-order valence-corrected chi connectivity index (χ3v) is 6.95. The second-order valence-electron chi connectivity index (χ2n) is 11.0. The average Bonchev–Trinajstić information content (AvgIpc) is 3.11. The Morgan fingerprint density at radius 2 is 1.69 bits per heavy atom. The van der Waals surface area contributed by atoms with E-state index in [1.807, 2.05) is 35.7 Å². The van der Waals surface area contributed by atoms with Gasteiger partial charge in [0, 0.05) is 17.3 Å². The van der Waals surface area contributed by atoms with Crippen molar-refractivity contribution in [3.8, 4) is 17.0 Å². The minimum Gasteiger partial charge on any atom is -0.379 e. The lowest BCUT2D eigenvalue weighted by atomic mass is 9.82. The summed E-state index contributed by atoms with van der Waals surface area (Å²) in [7, 11) is -4.13. The van der Waals surface area contributed by atoms with Gasteiger partial charge in [0.05, 0.1) is 0 Å². The van der Waals surface area contributed by atoms with Crippen molar-refractivity contribution in [2.45, 2.75) is 58.4 Å². The van der Waals surface area contributed by atoms with Gasteiger partial charge in [-0.2, -0.15) is 8.42 Å². The van der Waals surface area contributed by atoms with Crippen LogP contribution in [0.2, 0.25) is 0 Å². The Morgan fingerprint density at radius 1 is 1.00 bits per heavy atom. The number of benzene rings is 2. The minimum atomic E-state index is -4.13. The number of anilines is 1. The van der Waals surface area contributed by atoms with Gasteiger partial charge in [0.1, 0.15) is 33.6 Å². The maximum Gasteiger partial charge on any atom is 0.339 e. The zero-order valence-electron chi connectivity index (χ0n) is 21.5. The van der Waals surface area contributed by atoms with Crippen LogP contribution in [-0.2, 0) is 10.1 Å². The molecule has 0 radical (unpaired) electrons. The Morgan fingerprint density at radius 3 is 2.36 bits per heavy atom. The molecular formula is C28H32FN3O3S. The molecule has 2 aromatic carbocycles. The lowest BCUT2D eigenvalue weighted by Crippen LogP contribution is -2.36. The van der Waals surface area contributed by atoms with E-state index in [9.17, 15) is 12.8 Å². The number of hydrogen-bond donors (Lipinski definition) is 1. The fourth-order valence-corrected chi connectivity index (χ4v) is 5.61. The Hall–Kier alpha value is -3.39. The third-order valence-electron chi connectivity index (χ3n) is 5.69. The van der Waals surface area contributed by atoms with Gasteiger partial charge < -0.3 is 9.50 Å². The predicted octanol–water partition coefficient (Wildman–Crippen LogP) is 6.84. The largest absolute Gasteiger partial charge is 0.379 e. The molecule has 2 heterocycles. The summed E-state index contributed by atoms with van der Waals surface area (Å²) in [5.74, 6) is 0.444. The molecule has 0 aliphatic rings. The molecule has 0 fully saturated rings. The van der Waals surface area contributed by atoms with E-state index in [1.54, 1.807) is 18.2 Å². The molecule has 0 unspecified atom stereocenters. The van der Waals surface area contributed by atoms with Gasteiger partial charge in [-0.25, -0.2) is 9.37 Å². The molecule has 8 heteroatoms.